The number of amidine groups is 1. The van der Waals surface area contributed by atoms with E-state index < -0.39 is 28.5 Å². The molecule has 1 unspecified atom stereocenters. The molecule has 7 N–H and O–H groups in total. The molecule has 14 nitrogen and oxygen atoms in total. The van der Waals surface area contributed by atoms with Gasteiger partial charge in [-0.15, -0.1) is 11.6 Å². The zero-order valence-electron chi connectivity index (χ0n) is 26.3. The van der Waals surface area contributed by atoms with Gasteiger partial charge < -0.3 is 40.7 Å². The van der Waals surface area contributed by atoms with Gasteiger partial charge in [-0.1, -0.05) is 0 Å². The summed E-state index contributed by atoms with van der Waals surface area (Å²) in [6, 6.07) is 9.48. The minimum Gasteiger partial charge on any atom is -0.388 e. The number of rotatable bonds is 13. The number of halogens is 1. The molecule has 4 aromatic rings. The van der Waals surface area contributed by atoms with Crippen LogP contribution in [0.25, 0.3) is 0 Å². The highest BCUT2D eigenvalue weighted by Gasteiger charge is 2.19. The molecule has 16 heteroatoms. The number of aryl methyl sites for hydroxylation is 4. The van der Waals surface area contributed by atoms with Crippen molar-refractivity contribution in [1.82, 2.24) is 19.0 Å². The van der Waals surface area contributed by atoms with Crippen molar-refractivity contribution < 1.29 is 23.4 Å². The third-order valence-electron chi connectivity index (χ3n) is 7.11. The number of carbonyl (C=O) groups excluding carboxylic acids is 4. The Labute approximate surface area is 278 Å². The van der Waals surface area contributed by atoms with E-state index in [0.717, 1.165) is 0 Å². The topological polar surface area (TPSA) is 198 Å². The maximum absolute atomic E-state index is 13.1. The summed E-state index contributed by atoms with van der Waals surface area (Å²) in [7, 11) is 3.74. The Kier molecular flexibility index (Phi) is 11.1. The van der Waals surface area contributed by atoms with Crippen molar-refractivity contribution in [3.05, 3.63) is 83.2 Å². The van der Waals surface area contributed by atoms with Gasteiger partial charge in [0.2, 0.25) is 0 Å². The molecule has 4 rings (SSSR count). The molecule has 0 aliphatic carbocycles. The first-order valence-electron chi connectivity index (χ1n) is 14.4. The van der Waals surface area contributed by atoms with Gasteiger partial charge in [0, 0.05) is 74.8 Å². The van der Waals surface area contributed by atoms with Crippen molar-refractivity contribution in [2.45, 2.75) is 18.2 Å². The zero-order chi connectivity index (χ0) is 34.4. The number of alkyl halides is 1. The SMILES string of the molecule is Cc1cc(C(=O)Nc2cc(C(=O)Nc3cc(C(=O)Nc4cc(C(=O)NCCC(=N)N)n(C)c4)n(C)c3)n(C)c2)ccc1S(=O)CCCl. The number of hydrogen-bond acceptors (Lipinski definition) is 6. The molecule has 1 atom stereocenters. The molecule has 3 aromatic heterocycles. The van der Waals surface area contributed by atoms with E-state index in [4.69, 9.17) is 22.7 Å². The predicted octanol–water partition coefficient (Wildman–Crippen LogP) is 3.17. The number of carbonyl (C=O) groups is 4. The fourth-order valence-corrected chi connectivity index (χ4v) is 6.22. The van der Waals surface area contributed by atoms with Crippen LogP contribution in [0.2, 0.25) is 0 Å². The van der Waals surface area contributed by atoms with E-state index in [1.807, 2.05) is 0 Å². The summed E-state index contributed by atoms with van der Waals surface area (Å²) < 4.78 is 17.0. The Hall–Kier alpha value is -5.15. The highest BCUT2D eigenvalue weighted by Crippen LogP contribution is 2.21. The summed E-state index contributed by atoms with van der Waals surface area (Å²) in [5.41, 5.74) is 8.40. The van der Waals surface area contributed by atoms with Crippen LogP contribution < -0.4 is 27.0 Å². The smallest absolute Gasteiger partial charge is 0.272 e. The lowest BCUT2D eigenvalue weighted by atomic mass is 10.1. The van der Waals surface area contributed by atoms with Crippen molar-refractivity contribution in [2.75, 3.05) is 34.1 Å². The number of nitrogens with zero attached hydrogens (tertiary/aromatic N) is 3. The van der Waals surface area contributed by atoms with Gasteiger partial charge in [-0.3, -0.25) is 28.8 Å². The monoisotopic (exact) mass is 681 g/mol. The molecule has 0 radical (unpaired) electrons. The minimum absolute atomic E-state index is 0.0333. The first-order chi connectivity index (χ1) is 22.3. The zero-order valence-corrected chi connectivity index (χ0v) is 27.8. The Bertz CT molecular complexity index is 1890. The normalized spacial score (nSPS) is 11.5. The standard InChI is InChI=1S/C31H36ClN9O5S/c1-18-11-19(5-6-26(18)47(46)10-8-32)28(42)36-20-13-24(40(3)15-20)30(44)38-22-14-25(41(4)17-22)31(45)37-21-12-23(39(2)16-21)29(43)35-9-7-27(33)34/h5-6,11-17H,7-10H2,1-4H3,(H3,33,34)(H,35,43)(H,36,42)(H,37,45)(H,38,44). The maximum Gasteiger partial charge on any atom is 0.272 e. The van der Waals surface area contributed by atoms with Crippen LogP contribution >= 0.6 is 11.6 Å². The van der Waals surface area contributed by atoms with E-state index in [1.165, 1.54) is 18.2 Å². The Morgan fingerprint density at radius 3 is 1.70 bits per heavy atom. The van der Waals surface area contributed by atoms with Gasteiger partial charge in [0.05, 0.1) is 33.7 Å². The van der Waals surface area contributed by atoms with Crippen molar-refractivity contribution in [3.8, 4) is 0 Å². The molecule has 0 saturated heterocycles. The molecule has 47 heavy (non-hydrogen) atoms. The van der Waals surface area contributed by atoms with Gasteiger partial charge >= 0.3 is 0 Å². The summed E-state index contributed by atoms with van der Waals surface area (Å²) in [6.07, 6.45) is 5.01. The van der Waals surface area contributed by atoms with E-state index in [-0.39, 0.29) is 42.0 Å². The first-order valence-corrected chi connectivity index (χ1v) is 16.2. The van der Waals surface area contributed by atoms with Crippen LogP contribution in [-0.4, -0.2) is 65.6 Å². The molecule has 248 valence electrons. The quantitative estimate of drug-likeness (QED) is 0.0711. The molecule has 3 heterocycles. The van der Waals surface area contributed by atoms with Crippen molar-refractivity contribution in [1.29, 1.82) is 5.41 Å². The molecular formula is C31H36ClN9O5S. The number of anilines is 3. The highest BCUT2D eigenvalue weighted by atomic mass is 35.5. The third-order valence-corrected chi connectivity index (χ3v) is 9.05. The van der Waals surface area contributed by atoms with Crippen LogP contribution in [0, 0.1) is 12.3 Å². The molecule has 0 fully saturated rings. The summed E-state index contributed by atoms with van der Waals surface area (Å²) in [5.74, 6) is -1.13. The largest absolute Gasteiger partial charge is 0.388 e. The average Bonchev–Trinajstić information content (AvgIpc) is 3.67. The van der Waals surface area contributed by atoms with Gasteiger partial charge in [0.15, 0.2) is 0 Å². The maximum atomic E-state index is 13.1. The van der Waals surface area contributed by atoms with Gasteiger partial charge in [-0.2, -0.15) is 0 Å². The fourth-order valence-electron chi connectivity index (χ4n) is 4.80. The van der Waals surface area contributed by atoms with Crippen LogP contribution in [0.3, 0.4) is 0 Å². The molecule has 0 aliphatic heterocycles. The number of benzene rings is 1. The summed E-state index contributed by atoms with van der Waals surface area (Å²) in [4.78, 5) is 52.2. The van der Waals surface area contributed by atoms with Gasteiger partial charge in [0.25, 0.3) is 23.6 Å². The molecule has 0 bridgehead atoms. The van der Waals surface area contributed by atoms with E-state index in [0.29, 0.717) is 44.5 Å². The number of amides is 4. The summed E-state index contributed by atoms with van der Waals surface area (Å²) in [6.45, 7) is 1.99. The minimum atomic E-state index is -1.25. The molecular weight excluding hydrogens is 646 g/mol. The average molecular weight is 682 g/mol. The lowest BCUT2D eigenvalue weighted by molar-refractivity contribution is 0.0944. The molecule has 1 aromatic carbocycles. The Morgan fingerprint density at radius 1 is 0.787 bits per heavy atom. The lowest BCUT2D eigenvalue weighted by Gasteiger charge is -2.08. The molecule has 4 amide bonds. The predicted molar refractivity (Wildman–Crippen MR) is 182 cm³/mol. The van der Waals surface area contributed by atoms with Crippen LogP contribution in [-0.2, 0) is 31.9 Å². The van der Waals surface area contributed by atoms with E-state index in [2.05, 4.69) is 21.3 Å². The number of aromatic nitrogens is 3. The third kappa shape index (κ3) is 8.56. The second kappa shape index (κ2) is 15.0. The van der Waals surface area contributed by atoms with Crippen LogP contribution in [0.15, 0.2) is 59.9 Å². The van der Waals surface area contributed by atoms with Crippen molar-refractivity contribution in [2.24, 2.45) is 26.9 Å². The molecule has 0 spiro atoms. The molecule has 0 saturated carbocycles. The second-order valence-corrected chi connectivity index (χ2v) is 12.7. The summed E-state index contributed by atoms with van der Waals surface area (Å²) >= 11 is 5.71. The van der Waals surface area contributed by atoms with Crippen LogP contribution in [0.5, 0.6) is 0 Å². The second-order valence-electron chi connectivity index (χ2n) is 10.8. The van der Waals surface area contributed by atoms with Gasteiger partial charge in [-0.05, 0) is 48.9 Å². The summed E-state index contributed by atoms with van der Waals surface area (Å²) in [5, 5.41) is 18.3. The van der Waals surface area contributed by atoms with E-state index >= 15 is 0 Å². The van der Waals surface area contributed by atoms with Crippen LogP contribution in [0.1, 0.15) is 53.8 Å². The fraction of sp³-hybridized carbons (Fsp3) is 0.258. The van der Waals surface area contributed by atoms with Crippen molar-refractivity contribution >= 4 is 68.9 Å². The Morgan fingerprint density at radius 2 is 1.26 bits per heavy atom. The van der Waals surface area contributed by atoms with Crippen LogP contribution in [0.4, 0.5) is 17.1 Å². The first kappa shape index (κ1) is 34.7. The van der Waals surface area contributed by atoms with Crippen molar-refractivity contribution in [3.63, 3.8) is 0 Å². The lowest BCUT2D eigenvalue weighted by Crippen LogP contribution is -2.28. The molecule has 0 aliphatic rings. The highest BCUT2D eigenvalue weighted by molar-refractivity contribution is 7.85. The number of nitrogens with one attached hydrogen (secondary N) is 5. The number of hydrogen-bond donors (Lipinski definition) is 6. The van der Waals surface area contributed by atoms with Gasteiger partial charge in [0.1, 0.15) is 17.1 Å². The number of nitrogens with two attached hydrogens (primary N) is 1. The van der Waals surface area contributed by atoms with E-state index in [1.54, 1.807) is 78.6 Å². The van der Waals surface area contributed by atoms with Gasteiger partial charge in [-0.25, -0.2) is 0 Å². The van der Waals surface area contributed by atoms with E-state index in [9.17, 15) is 23.4 Å². The Balaban J connectivity index is 1.38.